The van der Waals surface area contributed by atoms with Crippen LogP contribution in [0.4, 0.5) is 14.6 Å². The van der Waals surface area contributed by atoms with Gasteiger partial charge in [0.2, 0.25) is 0 Å². The SMILES string of the molecule is Cc1c(N2CCCC(F)(F)C2)nc2ccc(Br)cc2c1C(=O)NC[C@@H](CCC(=O)O)c1ccccc1Cl. The molecule has 3 aromatic rings. The van der Waals surface area contributed by atoms with Crippen molar-refractivity contribution in [3.63, 3.8) is 0 Å². The minimum absolute atomic E-state index is 0.0801. The lowest BCUT2D eigenvalue weighted by Crippen LogP contribution is -2.43. The number of aromatic nitrogens is 1. The highest BCUT2D eigenvalue weighted by atomic mass is 79.9. The molecule has 1 aliphatic rings. The summed E-state index contributed by atoms with van der Waals surface area (Å²) < 4.78 is 29.2. The van der Waals surface area contributed by atoms with Crippen molar-refractivity contribution in [2.75, 3.05) is 24.5 Å². The zero-order valence-electron chi connectivity index (χ0n) is 20.2. The van der Waals surface area contributed by atoms with Crippen LogP contribution in [0.2, 0.25) is 5.02 Å². The van der Waals surface area contributed by atoms with Crippen molar-refractivity contribution < 1.29 is 23.5 Å². The molecule has 0 bridgehead atoms. The summed E-state index contributed by atoms with van der Waals surface area (Å²) in [5, 5.41) is 13.3. The number of fused-ring (bicyclic) bond motifs is 1. The van der Waals surface area contributed by atoms with E-state index in [9.17, 15) is 23.5 Å². The average Bonchev–Trinajstić information content (AvgIpc) is 2.83. The molecule has 0 aliphatic carbocycles. The Hall–Kier alpha value is -2.78. The number of halogens is 4. The van der Waals surface area contributed by atoms with E-state index in [1.54, 1.807) is 42.2 Å². The van der Waals surface area contributed by atoms with Crippen molar-refractivity contribution in [2.24, 2.45) is 0 Å². The fourth-order valence-electron chi connectivity index (χ4n) is 4.84. The molecule has 2 N–H and O–H groups in total. The Bertz CT molecular complexity index is 1340. The second-order valence-corrected chi connectivity index (χ2v) is 10.7. The van der Waals surface area contributed by atoms with Gasteiger partial charge in [-0.05, 0) is 49.6 Å². The molecule has 0 saturated carbocycles. The number of nitrogens with zero attached hydrogens (tertiary/aromatic N) is 2. The van der Waals surface area contributed by atoms with E-state index in [1.807, 2.05) is 12.1 Å². The van der Waals surface area contributed by atoms with Gasteiger partial charge in [0.1, 0.15) is 5.82 Å². The van der Waals surface area contributed by atoms with Crippen molar-refractivity contribution in [1.29, 1.82) is 0 Å². The van der Waals surface area contributed by atoms with Crippen LogP contribution in [0.1, 0.15) is 53.1 Å². The lowest BCUT2D eigenvalue weighted by Gasteiger charge is -2.34. The molecule has 2 heterocycles. The highest BCUT2D eigenvalue weighted by Gasteiger charge is 2.37. The predicted octanol–water partition coefficient (Wildman–Crippen LogP) is 6.57. The van der Waals surface area contributed by atoms with Gasteiger partial charge in [-0.3, -0.25) is 9.59 Å². The highest BCUT2D eigenvalue weighted by molar-refractivity contribution is 9.10. The number of anilines is 1. The summed E-state index contributed by atoms with van der Waals surface area (Å²) >= 11 is 9.82. The van der Waals surface area contributed by atoms with Crippen LogP contribution in [-0.2, 0) is 4.79 Å². The number of carbonyl (C=O) groups is 2. The fourth-order valence-corrected chi connectivity index (χ4v) is 5.49. The lowest BCUT2D eigenvalue weighted by molar-refractivity contribution is -0.137. The standard InChI is InChI=1S/C27H27BrClF2N3O3/c1-16-24(26(37)32-14-17(7-10-23(35)36)19-5-2-3-6-21(19)29)20-13-18(28)8-9-22(20)33-25(16)34-12-4-11-27(30,31)15-34/h2-3,5-6,8-9,13,17H,4,7,10-12,14-15H2,1H3,(H,32,37)(H,35,36)/t17-/m1/s1. The van der Waals surface area contributed by atoms with Gasteiger partial charge in [0, 0.05) is 52.3 Å². The average molecular weight is 595 g/mol. The fraction of sp³-hybridized carbons (Fsp3) is 0.370. The number of hydrogen-bond acceptors (Lipinski definition) is 4. The first-order valence-electron chi connectivity index (χ1n) is 12.0. The molecule has 0 radical (unpaired) electrons. The minimum Gasteiger partial charge on any atom is -0.481 e. The summed E-state index contributed by atoms with van der Waals surface area (Å²) in [6, 6.07) is 12.5. The van der Waals surface area contributed by atoms with Crippen molar-refractivity contribution in [1.82, 2.24) is 10.3 Å². The number of pyridine rings is 1. The third-order valence-electron chi connectivity index (χ3n) is 6.64. The summed E-state index contributed by atoms with van der Waals surface area (Å²) in [5.41, 5.74) is 2.14. The molecule has 1 aliphatic heterocycles. The Balaban J connectivity index is 1.69. The predicted molar refractivity (Wildman–Crippen MR) is 144 cm³/mol. The Kier molecular flexibility index (Phi) is 8.33. The number of alkyl halides is 2. The molecule has 1 fully saturated rings. The largest absolute Gasteiger partial charge is 0.481 e. The second-order valence-electron chi connectivity index (χ2n) is 9.34. The van der Waals surface area contributed by atoms with Crippen molar-refractivity contribution in [2.45, 2.75) is 44.4 Å². The van der Waals surface area contributed by atoms with E-state index >= 15 is 0 Å². The number of amides is 1. The Morgan fingerprint density at radius 1 is 1.27 bits per heavy atom. The van der Waals surface area contributed by atoms with Gasteiger partial charge in [0.25, 0.3) is 11.8 Å². The lowest BCUT2D eigenvalue weighted by atomic mass is 9.93. The van der Waals surface area contributed by atoms with Crippen LogP contribution in [0.5, 0.6) is 0 Å². The molecule has 0 unspecified atom stereocenters. The van der Waals surface area contributed by atoms with Crippen molar-refractivity contribution in [3.05, 3.63) is 68.7 Å². The van der Waals surface area contributed by atoms with E-state index < -0.39 is 18.4 Å². The van der Waals surface area contributed by atoms with E-state index in [-0.39, 0.29) is 37.6 Å². The summed E-state index contributed by atoms with van der Waals surface area (Å²) in [4.78, 5) is 31.1. The maximum absolute atomic E-state index is 14.2. The quantitative estimate of drug-likeness (QED) is 0.308. The smallest absolute Gasteiger partial charge is 0.303 e. The number of nitrogens with one attached hydrogen (secondary N) is 1. The normalized spacial score (nSPS) is 16.0. The van der Waals surface area contributed by atoms with Crippen LogP contribution in [0, 0.1) is 6.92 Å². The number of carboxylic acid groups (broad SMARTS) is 1. The van der Waals surface area contributed by atoms with Gasteiger partial charge in [-0.15, -0.1) is 0 Å². The zero-order valence-corrected chi connectivity index (χ0v) is 22.6. The van der Waals surface area contributed by atoms with Crippen LogP contribution < -0.4 is 10.2 Å². The molecular formula is C27H27BrClF2N3O3. The first kappa shape index (κ1) is 27.3. The minimum atomic E-state index is -2.82. The van der Waals surface area contributed by atoms with Crippen LogP contribution in [0.15, 0.2) is 46.9 Å². The van der Waals surface area contributed by atoms with Crippen LogP contribution in [-0.4, -0.2) is 47.5 Å². The number of carboxylic acids is 1. The molecule has 10 heteroatoms. The number of rotatable bonds is 8. The maximum atomic E-state index is 14.2. The Labute approximate surface area is 227 Å². The van der Waals surface area contributed by atoms with Gasteiger partial charge in [0.15, 0.2) is 0 Å². The topological polar surface area (TPSA) is 82.5 Å². The van der Waals surface area contributed by atoms with Gasteiger partial charge < -0.3 is 15.3 Å². The molecular weight excluding hydrogens is 568 g/mol. The van der Waals surface area contributed by atoms with Gasteiger partial charge in [-0.25, -0.2) is 13.8 Å². The molecule has 196 valence electrons. The Morgan fingerprint density at radius 2 is 2.03 bits per heavy atom. The van der Waals surface area contributed by atoms with Crippen molar-refractivity contribution >= 4 is 56.1 Å². The molecule has 1 aromatic heterocycles. The zero-order chi connectivity index (χ0) is 26.7. The van der Waals surface area contributed by atoms with Gasteiger partial charge >= 0.3 is 5.97 Å². The Morgan fingerprint density at radius 3 is 2.73 bits per heavy atom. The maximum Gasteiger partial charge on any atom is 0.303 e. The monoisotopic (exact) mass is 593 g/mol. The van der Waals surface area contributed by atoms with E-state index in [0.29, 0.717) is 45.8 Å². The van der Waals surface area contributed by atoms with Gasteiger partial charge in [-0.1, -0.05) is 45.7 Å². The number of hydrogen-bond donors (Lipinski definition) is 2. The summed E-state index contributed by atoms with van der Waals surface area (Å²) in [6.07, 6.45) is 0.367. The van der Waals surface area contributed by atoms with E-state index in [1.165, 1.54) is 0 Å². The third kappa shape index (κ3) is 6.38. The van der Waals surface area contributed by atoms with Crippen LogP contribution in [0.3, 0.4) is 0 Å². The molecule has 2 aromatic carbocycles. The molecule has 4 rings (SSSR count). The van der Waals surface area contributed by atoms with E-state index in [0.717, 1.165) is 10.0 Å². The number of carbonyl (C=O) groups excluding carboxylic acids is 1. The van der Waals surface area contributed by atoms with Gasteiger partial charge in [-0.2, -0.15) is 0 Å². The first-order valence-corrected chi connectivity index (χ1v) is 13.2. The molecule has 0 spiro atoms. The molecule has 1 saturated heterocycles. The summed E-state index contributed by atoms with van der Waals surface area (Å²) in [5.74, 6) is -4.11. The third-order valence-corrected chi connectivity index (χ3v) is 7.48. The number of aliphatic carboxylic acids is 1. The first-order chi connectivity index (χ1) is 17.6. The van der Waals surface area contributed by atoms with Crippen LogP contribution in [0.25, 0.3) is 10.9 Å². The van der Waals surface area contributed by atoms with Crippen LogP contribution >= 0.6 is 27.5 Å². The summed E-state index contributed by atoms with van der Waals surface area (Å²) in [6.45, 7) is 1.86. The highest BCUT2D eigenvalue weighted by Crippen LogP contribution is 2.35. The summed E-state index contributed by atoms with van der Waals surface area (Å²) in [7, 11) is 0. The van der Waals surface area contributed by atoms with E-state index in [4.69, 9.17) is 11.6 Å². The van der Waals surface area contributed by atoms with Crippen molar-refractivity contribution in [3.8, 4) is 0 Å². The second kappa shape index (κ2) is 11.3. The molecule has 6 nitrogen and oxygen atoms in total. The van der Waals surface area contributed by atoms with E-state index in [2.05, 4.69) is 26.2 Å². The molecule has 1 atom stereocenters. The number of benzene rings is 2. The molecule has 1 amide bonds. The number of piperidine rings is 1. The van der Waals surface area contributed by atoms with Gasteiger partial charge in [0.05, 0.1) is 17.6 Å². The molecule has 37 heavy (non-hydrogen) atoms.